The molecule has 2 aliphatic heterocycles. The molecule has 0 radical (unpaired) electrons. The second-order valence-corrected chi connectivity index (χ2v) is 6.25. The van der Waals surface area contributed by atoms with Gasteiger partial charge in [0, 0.05) is 24.1 Å². The Labute approximate surface area is 142 Å². The van der Waals surface area contributed by atoms with Crippen LogP contribution in [0, 0.1) is 15.9 Å². The number of nitrogens with one attached hydrogen (secondary N) is 1. The van der Waals surface area contributed by atoms with Crippen molar-refractivity contribution in [2.45, 2.75) is 25.1 Å². The number of halogens is 1. The van der Waals surface area contributed by atoms with Gasteiger partial charge in [-0.05, 0) is 25.1 Å². The van der Waals surface area contributed by atoms with Crippen molar-refractivity contribution in [3.63, 3.8) is 0 Å². The molecule has 0 spiro atoms. The molecule has 4 rings (SSSR count). The van der Waals surface area contributed by atoms with E-state index in [1.807, 2.05) is 0 Å². The summed E-state index contributed by atoms with van der Waals surface area (Å²) < 4.78 is 20.2. The minimum absolute atomic E-state index is 0.0725. The molecule has 2 aromatic carbocycles. The predicted molar refractivity (Wildman–Crippen MR) is 86.9 cm³/mol. The normalized spacial score (nSPS) is 24.2. The van der Waals surface area contributed by atoms with Crippen molar-refractivity contribution in [3.8, 4) is 5.75 Å². The van der Waals surface area contributed by atoms with E-state index < -0.39 is 28.5 Å². The first-order valence-corrected chi connectivity index (χ1v) is 7.72. The SMILES string of the molecule is CC12CC(NC(=O)N1c1ccccc1F)c1cc([N+](=O)[O-])ccc1O2. The molecule has 2 unspecified atom stereocenters. The lowest BCUT2D eigenvalue weighted by Gasteiger charge is -2.50. The van der Waals surface area contributed by atoms with Gasteiger partial charge in [-0.3, -0.25) is 15.0 Å². The third-order valence-corrected chi connectivity index (χ3v) is 4.56. The zero-order valence-electron chi connectivity index (χ0n) is 13.2. The van der Waals surface area contributed by atoms with E-state index in [0.717, 1.165) is 0 Å². The summed E-state index contributed by atoms with van der Waals surface area (Å²) in [4.78, 5) is 24.4. The number of benzene rings is 2. The molecule has 0 aliphatic carbocycles. The van der Waals surface area contributed by atoms with E-state index >= 15 is 0 Å². The number of anilines is 1. The van der Waals surface area contributed by atoms with Gasteiger partial charge in [-0.1, -0.05) is 12.1 Å². The number of hydrogen-bond acceptors (Lipinski definition) is 4. The van der Waals surface area contributed by atoms with Crippen LogP contribution in [0.3, 0.4) is 0 Å². The average Bonchev–Trinajstić information content (AvgIpc) is 2.55. The molecule has 2 aliphatic rings. The topological polar surface area (TPSA) is 84.7 Å². The monoisotopic (exact) mass is 343 g/mol. The maximum absolute atomic E-state index is 14.2. The summed E-state index contributed by atoms with van der Waals surface area (Å²) in [6, 6.07) is 9.27. The number of hydrogen-bond donors (Lipinski definition) is 1. The molecular formula is C17H14FN3O4. The number of urea groups is 1. The van der Waals surface area contributed by atoms with Crippen molar-refractivity contribution in [1.82, 2.24) is 5.32 Å². The Hall–Kier alpha value is -3.16. The zero-order valence-corrected chi connectivity index (χ0v) is 13.2. The second-order valence-electron chi connectivity index (χ2n) is 6.25. The van der Waals surface area contributed by atoms with Crippen molar-refractivity contribution in [1.29, 1.82) is 0 Å². The van der Waals surface area contributed by atoms with Crippen LogP contribution in [0.4, 0.5) is 20.6 Å². The van der Waals surface area contributed by atoms with E-state index in [9.17, 15) is 19.3 Å². The van der Waals surface area contributed by atoms with Crippen LogP contribution in [0.15, 0.2) is 42.5 Å². The fourth-order valence-electron chi connectivity index (χ4n) is 3.47. The summed E-state index contributed by atoms with van der Waals surface area (Å²) in [7, 11) is 0. The highest BCUT2D eigenvalue weighted by Gasteiger charge is 2.50. The van der Waals surface area contributed by atoms with Crippen LogP contribution >= 0.6 is 0 Å². The Morgan fingerprint density at radius 2 is 2.12 bits per heavy atom. The number of rotatable bonds is 2. The van der Waals surface area contributed by atoms with Gasteiger partial charge in [0.1, 0.15) is 11.6 Å². The van der Waals surface area contributed by atoms with Crippen LogP contribution in [-0.4, -0.2) is 16.7 Å². The first-order chi connectivity index (χ1) is 11.9. The van der Waals surface area contributed by atoms with Gasteiger partial charge >= 0.3 is 6.03 Å². The molecule has 0 saturated carbocycles. The van der Waals surface area contributed by atoms with E-state index in [0.29, 0.717) is 17.7 Å². The largest absolute Gasteiger partial charge is 0.467 e. The molecular weight excluding hydrogens is 329 g/mol. The molecule has 1 saturated heterocycles. The Kier molecular flexibility index (Phi) is 3.18. The fraction of sp³-hybridized carbons (Fsp3) is 0.235. The predicted octanol–water partition coefficient (Wildman–Crippen LogP) is 3.50. The number of ether oxygens (including phenoxy) is 1. The molecule has 25 heavy (non-hydrogen) atoms. The van der Waals surface area contributed by atoms with Gasteiger partial charge in [-0.2, -0.15) is 0 Å². The molecule has 8 heteroatoms. The summed E-state index contributed by atoms with van der Waals surface area (Å²) in [5.41, 5.74) is -0.505. The lowest BCUT2D eigenvalue weighted by Crippen LogP contribution is -2.65. The highest BCUT2D eigenvalue weighted by Crippen LogP contribution is 2.46. The summed E-state index contributed by atoms with van der Waals surface area (Å²) in [6.07, 6.45) is 0.335. The van der Waals surface area contributed by atoms with Crippen molar-refractivity contribution < 1.29 is 18.8 Å². The van der Waals surface area contributed by atoms with E-state index in [2.05, 4.69) is 5.32 Å². The molecule has 128 valence electrons. The molecule has 7 nitrogen and oxygen atoms in total. The number of nitro benzene ring substituents is 1. The smallest absolute Gasteiger partial charge is 0.325 e. The minimum Gasteiger partial charge on any atom is -0.467 e. The number of para-hydroxylation sites is 1. The Bertz CT molecular complexity index is 903. The third-order valence-electron chi connectivity index (χ3n) is 4.56. The number of nitro groups is 1. The van der Waals surface area contributed by atoms with Crippen LogP contribution in [0.5, 0.6) is 5.75 Å². The molecule has 2 atom stereocenters. The van der Waals surface area contributed by atoms with Gasteiger partial charge in [0.2, 0.25) is 0 Å². The van der Waals surface area contributed by atoms with Crippen molar-refractivity contribution in [2.24, 2.45) is 0 Å². The quantitative estimate of drug-likeness (QED) is 0.668. The Morgan fingerprint density at radius 3 is 2.84 bits per heavy atom. The van der Waals surface area contributed by atoms with E-state index in [1.165, 1.54) is 35.2 Å². The van der Waals surface area contributed by atoms with Gasteiger partial charge in [0.15, 0.2) is 5.72 Å². The van der Waals surface area contributed by atoms with E-state index in [-0.39, 0.29) is 11.4 Å². The summed E-state index contributed by atoms with van der Waals surface area (Å²) in [5.74, 6) is -0.0962. The van der Waals surface area contributed by atoms with Gasteiger partial charge in [0.05, 0.1) is 16.7 Å². The lowest BCUT2D eigenvalue weighted by atomic mass is 9.90. The average molecular weight is 343 g/mol. The van der Waals surface area contributed by atoms with Gasteiger partial charge in [0.25, 0.3) is 5.69 Å². The number of amides is 2. The summed E-state index contributed by atoms with van der Waals surface area (Å²) in [6.45, 7) is 1.70. The Morgan fingerprint density at radius 1 is 1.36 bits per heavy atom. The van der Waals surface area contributed by atoms with Crippen LogP contribution in [0.2, 0.25) is 0 Å². The van der Waals surface area contributed by atoms with Crippen LogP contribution < -0.4 is 15.0 Å². The van der Waals surface area contributed by atoms with Gasteiger partial charge in [-0.25, -0.2) is 9.18 Å². The lowest BCUT2D eigenvalue weighted by molar-refractivity contribution is -0.385. The molecule has 1 fully saturated rings. The van der Waals surface area contributed by atoms with Gasteiger partial charge in [-0.15, -0.1) is 0 Å². The first kappa shape index (κ1) is 15.4. The summed E-state index contributed by atoms with van der Waals surface area (Å²) in [5, 5.41) is 13.8. The zero-order chi connectivity index (χ0) is 17.8. The number of carbonyl (C=O) groups excluding carboxylic acids is 1. The standard InChI is InChI=1S/C17H14FN3O4/c1-17-9-13(11-8-10(21(23)24)6-7-15(11)25-17)19-16(22)20(17)14-5-3-2-4-12(14)18/h2-8,13H,9H2,1H3,(H,19,22). The fourth-order valence-corrected chi connectivity index (χ4v) is 3.47. The van der Waals surface area contributed by atoms with Crippen molar-refractivity contribution in [3.05, 3.63) is 64.0 Å². The molecule has 2 bridgehead atoms. The molecule has 2 aromatic rings. The molecule has 1 N–H and O–H groups in total. The molecule has 0 aromatic heterocycles. The highest BCUT2D eigenvalue weighted by molar-refractivity contribution is 5.95. The summed E-state index contributed by atoms with van der Waals surface area (Å²) >= 11 is 0. The minimum atomic E-state index is -1.10. The maximum Gasteiger partial charge on any atom is 0.325 e. The van der Waals surface area contributed by atoms with Crippen LogP contribution in [-0.2, 0) is 0 Å². The van der Waals surface area contributed by atoms with Crippen LogP contribution in [0.25, 0.3) is 0 Å². The van der Waals surface area contributed by atoms with Gasteiger partial charge < -0.3 is 10.1 Å². The molecule has 2 heterocycles. The number of non-ortho nitro benzene ring substituents is 1. The number of fused-ring (bicyclic) bond motifs is 4. The number of nitrogens with zero attached hydrogens (tertiary/aromatic N) is 2. The Balaban J connectivity index is 1.80. The van der Waals surface area contributed by atoms with E-state index in [4.69, 9.17) is 4.74 Å². The van der Waals surface area contributed by atoms with E-state index in [1.54, 1.807) is 19.1 Å². The van der Waals surface area contributed by atoms with Crippen LogP contribution in [0.1, 0.15) is 24.9 Å². The maximum atomic E-state index is 14.2. The first-order valence-electron chi connectivity index (χ1n) is 7.72. The number of carbonyl (C=O) groups is 1. The molecule has 2 amide bonds. The second kappa shape index (κ2) is 5.17. The highest BCUT2D eigenvalue weighted by atomic mass is 19.1. The van der Waals surface area contributed by atoms with Crippen molar-refractivity contribution in [2.75, 3.05) is 4.90 Å². The van der Waals surface area contributed by atoms with Crippen molar-refractivity contribution >= 4 is 17.4 Å². The third kappa shape index (κ3) is 2.29.